The van der Waals surface area contributed by atoms with Crippen molar-refractivity contribution in [3.05, 3.63) is 34.7 Å². The zero-order chi connectivity index (χ0) is 13.5. The van der Waals surface area contributed by atoms with E-state index < -0.39 is 12.4 Å². The Morgan fingerprint density at radius 3 is 2.83 bits per heavy atom. The highest BCUT2D eigenvalue weighted by molar-refractivity contribution is 4.96. The van der Waals surface area contributed by atoms with E-state index in [0.717, 1.165) is 0 Å². The predicted molar refractivity (Wildman–Crippen MR) is 67.3 cm³/mol. The van der Waals surface area contributed by atoms with Crippen LogP contribution in [0.4, 0.5) is 4.39 Å². The van der Waals surface area contributed by atoms with Crippen LogP contribution in [-0.4, -0.2) is 30.6 Å². The molecule has 1 aromatic rings. The molecule has 3 atom stereocenters. The third-order valence-corrected chi connectivity index (χ3v) is 2.61. The van der Waals surface area contributed by atoms with E-state index in [1.165, 1.54) is 16.8 Å². The molecule has 1 fully saturated rings. The van der Waals surface area contributed by atoms with E-state index in [4.69, 9.17) is 9.47 Å². The van der Waals surface area contributed by atoms with Crippen molar-refractivity contribution in [2.75, 3.05) is 13.7 Å². The summed E-state index contributed by atoms with van der Waals surface area (Å²) in [5.74, 6) is 0. The number of aromatic nitrogens is 1. The van der Waals surface area contributed by atoms with Gasteiger partial charge >= 0.3 is 0 Å². The Kier molecular flexibility index (Phi) is 6.01. The lowest BCUT2D eigenvalue weighted by molar-refractivity contribution is -0.0456. The lowest BCUT2D eigenvalue weighted by Crippen LogP contribution is -2.27. The molecule has 0 aliphatic carbocycles. The molecule has 0 spiro atoms. The fourth-order valence-electron chi connectivity index (χ4n) is 1.89. The quantitative estimate of drug-likeness (QED) is 0.833. The molecule has 0 radical (unpaired) electrons. The minimum Gasteiger partial charge on any atom is -0.382 e. The fourth-order valence-corrected chi connectivity index (χ4v) is 1.89. The molecule has 1 aliphatic rings. The van der Waals surface area contributed by atoms with Gasteiger partial charge in [-0.15, -0.1) is 0 Å². The largest absolute Gasteiger partial charge is 0.382 e. The first-order chi connectivity index (χ1) is 8.72. The normalized spacial score (nSPS) is 26.6. The summed E-state index contributed by atoms with van der Waals surface area (Å²) >= 11 is 0. The zero-order valence-electron chi connectivity index (χ0n) is 11.0. The number of methoxy groups -OCH3 is 1. The van der Waals surface area contributed by atoms with Crippen LogP contribution in [0.2, 0.25) is 0 Å². The Hall–Kier alpha value is -1.20. The molecule has 102 valence electrons. The molecule has 0 amide bonds. The fraction of sp³-hybridized carbons (Fsp3) is 0.615. The highest BCUT2D eigenvalue weighted by Gasteiger charge is 2.36. The second-order valence-electron chi connectivity index (χ2n) is 3.80. The molecular formula is C13H20FNO3. The van der Waals surface area contributed by atoms with Gasteiger partial charge in [0.25, 0.3) is 5.56 Å². The van der Waals surface area contributed by atoms with Crippen LogP contribution in [0.15, 0.2) is 29.2 Å². The third kappa shape index (κ3) is 3.40. The van der Waals surface area contributed by atoms with Gasteiger partial charge < -0.3 is 9.47 Å². The van der Waals surface area contributed by atoms with Crippen LogP contribution in [-0.2, 0) is 9.47 Å². The van der Waals surface area contributed by atoms with Crippen molar-refractivity contribution in [1.29, 1.82) is 0 Å². The third-order valence-electron chi connectivity index (χ3n) is 2.61. The van der Waals surface area contributed by atoms with Crippen LogP contribution < -0.4 is 5.56 Å². The van der Waals surface area contributed by atoms with E-state index in [9.17, 15) is 9.18 Å². The first-order valence-electron chi connectivity index (χ1n) is 6.18. The minimum atomic E-state index is -1.17. The van der Waals surface area contributed by atoms with Gasteiger partial charge in [-0.25, -0.2) is 4.39 Å². The molecule has 1 saturated heterocycles. The van der Waals surface area contributed by atoms with Crippen LogP contribution in [0.25, 0.3) is 0 Å². The highest BCUT2D eigenvalue weighted by Crippen LogP contribution is 2.30. The number of hydrogen-bond acceptors (Lipinski definition) is 3. The summed E-state index contributed by atoms with van der Waals surface area (Å²) < 4.78 is 25.3. The summed E-state index contributed by atoms with van der Waals surface area (Å²) in [5.41, 5.74) is -0.256. The lowest BCUT2D eigenvalue weighted by Gasteiger charge is -2.16. The van der Waals surface area contributed by atoms with E-state index in [1.54, 1.807) is 19.2 Å². The topological polar surface area (TPSA) is 40.5 Å². The molecule has 2 rings (SSSR count). The molecule has 4 nitrogen and oxygen atoms in total. The number of rotatable bonds is 3. The molecular weight excluding hydrogens is 237 g/mol. The zero-order valence-corrected chi connectivity index (χ0v) is 11.0. The Bertz CT molecular complexity index is 407. The summed E-state index contributed by atoms with van der Waals surface area (Å²) in [7, 11) is 1.54. The highest BCUT2D eigenvalue weighted by atomic mass is 19.1. The van der Waals surface area contributed by atoms with Crippen LogP contribution in [0.1, 0.15) is 26.5 Å². The number of alkyl halides is 1. The summed E-state index contributed by atoms with van der Waals surface area (Å²) in [6, 6.07) is 4.69. The number of hydrogen-bond donors (Lipinski definition) is 0. The Balaban J connectivity index is 0.000000771. The maximum Gasteiger partial charge on any atom is 0.252 e. The van der Waals surface area contributed by atoms with Crippen molar-refractivity contribution in [3.63, 3.8) is 0 Å². The van der Waals surface area contributed by atoms with E-state index in [-0.39, 0.29) is 18.1 Å². The van der Waals surface area contributed by atoms with Crippen molar-refractivity contribution < 1.29 is 13.9 Å². The first-order valence-corrected chi connectivity index (χ1v) is 6.18. The van der Waals surface area contributed by atoms with Crippen LogP contribution in [0.5, 0.6) is 0 Å². The van der Waals surface area contributed by atoms with Gasteiger partial charge in [-0.1, -0.05) is 19.9 Å². The van der Waals surface area contributed by atoms with Crippen molar-refractivity contribution in [1.82, 2.24) is 4.57 Å². The first kappa shape index (κ1) is 14.9. The molecule has 0 saturated carbocycles. The van der Waals surface area contributed by atoms with Gasteiger partial charge in [0, 0.05) is 25.8 Å². The number of nitrogens with zero attached hydrogens (tertiary/aromatic N) is 1. The summed E-state index contributed by atoms with van der Waals surface area (Å²) in [6.07, 6.45) is -0.472. The van der Waals surface area contributed by atoms with Gasteiger partial charge in [0.05, 0.1) is 12.7 Å². The molecule has 0 aromatic carbocycles. The Labute approximate surface area is 106 Å². The second kappa shape index (κ2) is 7.28. The summed E-state index contributed by atoms with van der Waals surface area (Å²) in [6.45, 7) is 4.35. The van der Waals surface area contributed by atoms with Gasteiger partial charge in [-0.2, -0.15) is 0 Å². The van der Waals surface area contributed by atoms with Gasteiger partial charge in [0.15, 0.2) is 6.23 Å². The predicted octanol–water partition coefficient (Wildman–Crippen LogP) is 2.15. The summed E-state index contributed by atoms with van der Waals surface area (Å²) in [5, 5.41) is 0. The van der Waals surface area contributed by atoms with Crippen molar-refractivity contribution in [2.45, 2.75) is 38.8 Å². The van der Waals surface area contributed by atoms with Crippen LogP contribution in [0, 0.1) is 0 Å². The Morgan fingerprint density at radius 2 is 2.22 bits per heavy atom. The maximum absolute atomic E-state index is 13.7. The molecule has 0 bridgehead atoms. The van der Waals surface area contributed by atoms with E-state index >= 15 is 0 Å². The maximum atomic E-state index is 13.7. The molecule has 2 heterocycles. The smallest absolute Gasteiger partial charge is 0.252 e. The van der Waals surface area contributed by atoms with Crippen LogP contribution >= 0.6 is 0 Å². The van der Waals surface area contributed by atoms with E-state index in [2.05, 4.69) is 0 Å². The molecule has 1 aliphatic heterocycles. The average molecular weight is 257 g/mol. The SMILES string of the molecule is CC.COC[C@@H]1C[C@@H](F)[C@H](n2ccccc2=O)O1. The number of ether oxygens (including phenoxy) is 2. The molecule has 0 N–H and O–H groups in total. The van der Waals surface area contributed by atoms with E-state index in [1.807, 2.05) is 13.8 Å². The Morgan fingerprint density at radius 1 is 1.50 bits per heavy atom. The van der Waals surface area contributed by atoms with Gasteiger partial charge in [-0.3, -0.25) is 9.36 Å². The lowest BCUT2D eigenvalue weighted by atomic mass is 10.2. The van der Waals surface area contributed by atoms with Crippen molar-refractivity contribution >= 4 is 0 Å². The minimum absolute atomic E-state index is 0.256. The van der Waals surface area contributed by atoms with Gasteiger partial charge in [0.2, 0.25) is 0 Å². The summed E-state index contributed by atoms with van der Waals surface area (Å²) in [4.78, 5) is 11.5. The monoisotopic (exact) mass is 257 g/mol. The second-order valence-corrected chi connectivity index (χ2v) is 3.80. The van der Waals surface area contributed by atoms with Gasteiger partial charge in [0.1, 0.15) is 6.17 Å². The standard InChI is InChI=1S/C11H14FNO3.C2H6/c1-15-7-8-6-9(12)11(16-8)13-5-3-2-4-10(13)14;1-2/h2-5,8-9,11H,6-7H2,1H3;1-2H3/t8-,9+,11+;/m0./s1. The van der Waals surface area contributed by atoms with Crippen LogP contribution in [0.3, 0.4) is 0 Å². The molecule has 18 heavy (non-hydrogen) atoms. The average Bonchev–Trinajstić information content (AvgIpc) is 2.74. The molecule has 5 heteroatoms. The number of pyridine rings is 1. The van der Waals surface area contributed by atoms with Crippen molar-refractivity contribution in [3.8, 4) is 0 Å². The van der Waals surface area contributed by atoms with Crippen molar-refractivity contribution in [2.24, 2.45) is 0 Å². The number of halogens is 1. The molecule has 1 aromatic heterocycles. The van der Waals surface area contributed by atoms with Gasteiger partial charge in [-0.05, 0) is 6.07 Å². The van der Waals surface area contributed by atoms with E-state index in [0.29, 0.717) is 6.61 Å². The molecule has 0 unspecified atom stereocenters.